The van der Waals surface area contributed by atoms with Gasteiger partial charge in [0.15, 0.2) is 0 Å². The van der Waals surface area contributed by atoms with Crippen LogP contribution < -0.4 is 5.32 Å². The summed E-state index contributed by atoms with van der Waals surface area (Å²) in [6.07, 6.45) is 2.25. The summed E-state index contributed by atoms with van der Waals surface area (Å²) in [6.45, 7) is 2.20. The van der Waals surface area contributed by atoms with Gasteiger partial charge in [-0.1, -0.05) is 0 Å². The number of aliphatic carboxylic acids is 1. The van der Waals surface area contributed by atoms with Gasteiger partial charge in [0.25, 0.3) is 0 Å². The number of carboxylic acids is 1. The number of rotatable bonds is 2. The van der Waals surface area contributed by atoms with Crippen LogP contribution in [0.5, 0.6) is 0 Å². The Bertz CT molecular complexity index is 302. The van der Waals surface area contributed by atoms with Gasteiger partial charge in [0.05, 0.1) is 18.6 Å². The summed E-state index contributed by atoms with van der Waals surface area (Å²) in [7, 11) is 0. The molecule has 2 heterocycles. The van der Waals surface area contributed by atoms with Gasteiger partial charge in [-0.3, -0.25) is 4.79 Å². The molecule has 2 aliphatic rings. The second kappa shape index (κ2) is 5.35. The first-order chi connectivity index (χ1) is 8.16. The molecule has 96 valence electrons. The maximum Gasteiger partial charge on any atom is 0.317 e. The Labute approximate surface area is 99.9 Å². The number of ether oxygens (including phenoxy) is 1. The lowest BCUT2D eigenvalue weighted by Crippen LogP contribution is -2.49. The molecule has 2 aliphatic heterocycles. The molecule has 0 aromatic heterocycles. The molecule has 6 nitrogen and oxygen atoms in total. The fraction of sp³-hybridized carbons (Fsp3) is 0.818. The summed E-state index contributed by atoms with van der Waals surface area (Å²) in [5.41, 5.74) is 0. The fourth-order valence-electron chi connectivity index (χ4n) is 2.28. The number of hydrogen-bond donors (Lipinski definition) is 2. The molecule has 2 N–H and O–H groups in total. The molecule has 0 aliphatic carbocycles. The van der Waals surface area contributed by atoms with Gasteiger partial charge in [-0.15, -0.1) is 0 Å². The van der Waals surface area contributed by atoms with Gasteiger partial charge < -0.3 is 20.1 Å². The molecular formula is C11H18N2O4. The van der Waals surface area contributed by atoms with E-state index in [1.807, 2.05) is 0 Å². The van der Waals surface area contributed by atoms with E-state index in [-0.39, 0.29) is 12.1 Å². The largest absolute Gasteiger partial charge is 0.481 e. The molecule has 2 saturated heterocycles. The predicted octanol–water partition coefficient (Wildman–Crippen LogP) is 0.281. The van der Waals surface area contributed by atoms with Crippen molar-refractivity contribution in [2.75, 3.05) is 26.3 Å². The molecule has 17 heavy (non-hydrogen) atoms. The molecule has 2 fully saturated rings. The van der Waals surface area contributed by atoms with Crippen molar-refractivity contribution < 1.29 is 19.4 Å². The Kier molecular flexibility index (Phi) is 3.83. The van der Waals surface area contributed by atoms with Crippen molar-refractivity contribution >= 4 is 12.0 Å². The quantitative estimate of drug-likeness (QED) is 0.729. The van der Waals surface area contributed by atoms with Crippen LogP contribution >= 0.6 is 0 Å². The maximum absolute atomic E-state index is 11.9. The van der Waals surface area contributed by atoms with E-state index in [1.54, 1.807) is 4.90 Å². The number of nitrogens with zero attached hydrogens (tertiary/aromatic N) is 1. The lowest BCUT2D eigenvalue weighted by molar-refractivity contribution is -0.143. The Morgan fingerprint density at radius 1 is 1.35 bits per heavy atom. The summed E-state index contributed by atoms with van der Waals surface area (Å²) in [4.78, 5) is 24.4. The third kappa shape index (κ3) is 3.09. The van der Waals surface area contributed by atoms with Crippen LogP contribution in [0, 0.1) is 5.92 Å². The van der Waals surface area contributed by atoms with Crippen LogP contribution in [0.2, 0.25) is 0 Å². The molecule has 2 atom stereocenters. The number of urea groups is 1. The zero-order chi connectivity index (χ0) is 12.3. The number of piperidine rings is 1. The van der Waals surface area contributed by atoms with E-state index >= 15 is 0 Å². The summed E-state index contributed by atoms with van der Waals surface area (Å²) < 4.78 is 5.18. The molecule has 6 heteroatoms. The highest BCUT2D eigenvalue weighted by Crippen LogP contribution is 2.17. The first-order valence-electron chi connectivity index (χ1n) is 6.03. The highest BCUT2D eigenvalue weighted by Gasteiger charge is 2.29. The second-order valence-corrected chi connectivity index (χ2v) is 4.63. The molecular weight excluding hydrogens is 224 g/mol. The minimum absolute atomic E-state index is 0.0766. The van der Waals surface area contributed by atoms with Gasteiger partial charge in [-0.2, -0.15) is 0 Å². The molecule has 0 aromatic carbocycles. The second-order valence-electron chi connectivity index (χ2n) is 4.63. The van der Waals surface area contributed by atoms with Gasteiger partial charge in [0.1, 0.15) is 0 Å². The van der Waals surface area contributed by atoms with E-state index in [1.165, 1.54) is 0 Å². The van der Waals surface area contributed by atoms with Crippen molar-refractivity contribution in [1.82, 2.24) is 10.2 Å². The van der Waals surface area contributed by atoms with Crippen LogP contribution in [0.4, 0.5) is 4.79 Å². The maximum atomic E-state index is 11.9. The Morgan fingerprint density at radius 3 is 2.82 bits per heavy atom. The van der Waals surface area contributed by atoms with Crippen molar-refractivity contribution in [1.29, 1.82) is 0 Å². The molecule has 2 rings (SSSR count). The van der Waals surface area contributed by atoms with Crippen LogP contribution in [-0.4, -0.2) is 54.4 Å². The molecule has 2 amide bonds. The van der Waals surface area contributed by atoms with Gasteiger partial charge in [0.2, 0.25) is 0 Å². The van der Waals surface area contributed by atoms with Crippen LogP contribution in [0.15, 0.2) is 0 Å². The van der Waals surface area contributed by atoms with E-state index in [4.69, 9.17) is 9.84 Å². The number of carboxylic acid groups (broad SMARTS) is 1. The average molecular weight is 242 g/mol. The van der Waals surface area contributed by atoms with Crippen molar-refractivity contribution in [2.45, 2.75) is 25.3 Å². The SMILES string of the molecule is O=C(O)[C@H]1CCCN(C(=O)NC2CCOC2)C1. The molecule has 1 unspecified atom stereocenters. The molecule has 0 saturated carbocycles. The van der Waals surface area contributed by atoms with Crippen molar-refractivity contribution in [3.63, 3.8) is 0 Å². The van der Waals surface area contributed by atoms with Crippen molar-refractivity contribution in [3.05, 3.63) is 0 Å². The summed E-state index contributed by atoms with van der Waals surface area (Å²) in [6, 6.07) is -0.0841. The van der Waals surface area contributed by atoms with E-state index in [2.05, 4.69) is 5.32 Å². The standard InChI is InChI=1S/C11H18N2O4/c14-10(15)8-2-1-4-13(6-8)11(16)12-9-3-5-17-7-9/h8-9H,1-7H2,(H,12,16)(H,14,15)/t8-,9?/m0/s1. The minimum atomic E-state index is -0.813. The van der Waals surface area contributed by atoms with Crippen LogP contribution in [-0.2, 0) is 9.53 Å². The van der Waals surface area contributed by atoms with Crippen LogP contribution in [0.25, 0.3) is 0 Å². The lowest BCUT2D eigenvalue weighted by Gasteiger charge is -2.31. The number of amides is 2. The summed E-state index contributed by atoms with van der Waals surface area (Å²) in [5, 5.41) is 11.8. The highest BCUT2D eigenvalue weighted by molar-refractivity contribution is 5.76. The fourth-order valence-corrected chi connectivity index (χ4v) is 2.28. The van der Waals surface area contributed by atoms with E-state index < -0.39 is 11.9 Å². The Balaban J connectivity index is 1.83. The normalized spacial score (nSPS) is 29.1. The third-order valence-electron chi connectivity index (χ3n) is 3.32. The topological polar surface area (TPSA) is 78.9 Å². The number of nitrogens with one attached hydrogen (secondary N) is 1. The lowest BCUT2D eigenvalue weighted by atomic mass is 9.99. The number of carbonyl (C=O) groups excluding carboxylic acids is 1. The van der Waals surface area contributed by atoms with Crippen molar-refractivity contribution in [3.8, 4) is 0 Å². The van der Waals surface area contributed by atoms with E-state index in [0.717, 1.165) is 12.8 Å². The number of likely N-dealkylation sites (tertiary alicyclic amines) is 1. The van der Waals surface area contributed by atoms with Gasteiger partial charge in [-0.05, 0) is 19.3 Å². The molecule has 0 spiro atoms. The molecule has 0 aromatic rings. The first kappa shape index (κ1) is 12.2. The predicted molar refractivity (Wildman–Crippen MR) is 59.7 cm³/mol. The zero-order valence-corrected chi connectivity index (χ0v) is 9.72. The van der Waals surface area contributed by atoms with Gasteiger partial charge in [-0.25, -0.2) is 4.79 Å². The minimum Gasteiger partial charge on any atom is -0.481 e. The number of carbonyl (C=O) groups is 2. The van der Waals surface area contributed by atoms with Gasteiger partial charge >= 0.3 is 12.0 Å². The van der Waals surface area contributed by atoms with Crippen LogP contribution in [0.1, 0.15) is 19.3 Å². The zero-order valence-electron chi connectivity index (χ0n) is 9.72. The Morgan fingerprint density at radius 2 is 2.18 bits per heavy atom. The Hall–Kier alpha value is -1.30. The van der Waals surface area contributed by atoms with Gasteiger partial charge in [0, 0.05) is 19.7 Å². The van der Waals surface area contributed by atoms with E-state index in [9.17, 15) is 9.59 Å². The summed E-state index contributed by atoms with van der Waals surface area (Å²) >= 11 is 0. The van der Waals surface area contributed by atoms with E-state index in [0.29, 0.717) is 32.7 Å². The average Bonchev–Trinajstić information content (AvgIpc) is 2.82. The smallest absolute Gasteiger partial charge is 0.317 e. The highest BCUT2D eigenvalue weighted by atomic mass is 16.5. The summed E-state index contributed by atoms with van der Waals surface area (Å²) in [5.74, 6) is -1.24. The number of hydrogen-bond acceptors (Lipinski definition) is 3. The third-order valence-corrected chi connectivity index (χ3v) is 3.32. The van der Waals surface area contributed by atoms with Crippen LogP contribution in [0.3, 0.4) is 0 Å². The molecule has 0 radical (unpaired) electrons. The first-order valence-corrected chi connectivity index (χ1v) is 6.03. The molecule has 0 bridgehead atoms. The van der Waals surface area contributed by atoms with Crippen molar-refractivity contribution in [2.24, 2.45) is 5.92 Å². The monoisotopic (exact) mass is 242 g/mol.